The van der Waals surface area contributed by atoms with Crippen molar-refractivity contribution in [3.8, 4) is 0 Å². The summed E-state index contributed by atoms with van der Waals surface area (Å²) in [5, 5.41) is 12.9. The number of nitrogens with zero attached hydrogens (tertiary/aromatic N) is 3. The van der Waals surface area contributed by atoms with Crippen LogP contribution in [0.15, 0.2) is 78.9 Å². The van der Waals surface area contributed by atoms with Gasteiger partial charge in [0.25, 0.3) is 11.6 Å². The van der Waals surface area contributed by atoms with E-state index in [1.54, 1.807) is 36.4 Å². The summed E-state index contributed by atoms with van der Waals surface area (Å²) in [6.07, 6.45) is -1.02. The average Bonchev–Trinajstić information content (AvgIpc) is 3.31. The van der Waals surface area contributed by atoms with Crippen LogP contribution in [-0.4, -0.2) is 22.8 Å². The molecule has 0 aliphatic carbocycles. The van der Waals surface area contributed by atoms with Crippen LogP contribution in [0.25, 0.3) is 0 Å². The summed E-state index contributed by atoms with van der Waals surface area (Å²) in [7, 11) is 0. The monoisotopic (exact) mass is 429 g/mol. The molecule has 0 N–H and O–H groups in total. The van der Waals surface area contributed by atoms with Crippen molar-refractivity contribution in [3.05, 3.63) is 100 Å². The van der Waals surface area contributed by atoms with Gasteiger partial charge in [0.05, 0.1) is 22.3 Å². The molecule has 0 bridgehead atoms. The van der Waals surface area contributed by atoms with E-state index in [1.807, 2.05) is 37.3 Å². The smallest absolute Gasteiger partial charge is 0.269 e. The Morgan fingerprint density at radius 2 is 1.62 bits per heavy atom. The van der Waals surface area contributed by atoms with Crippen LogP contribution in [-0.2, 0) is 14.4 Å². The molecular weight excluding hydrogens is 410 g/mol. The molecule has 3 atom stereocenters. The number of rotatable bonds is 4. The zero-order valence-electron chi connectivity index (χ0n) is 17.1. The van der Waals surface area contributed by atoms with Gasteiger partial charge in [-0.3, -0.25) is 24.5 Å². The number of amides is 2. The maximum atomic E-state index is 13.6. The van der Waals surface area contributed by atoms with E-state index in [0.29, 0.717) is 16.9 Å². The van der Waals surface area contributed by atoms with E-state index >= 15 is 0 Å². The molecule has 32 heavy (non-hydrogen) atoms. The summed E-state index contributed by atoms with van der Waals surface area (Å²) < 4.78 is 0. The van der Waals surface area contributed by atoms with Crippen LogP contribution in [0.3, 0.4) is 0 Å². The molecule has 2 aliphatic heterocycles. The van der Waals surface area contributed by atoms with Gasteiger partial charge in [0.1, 0.15) is 5.92 Å². The summed E-state index contributed by atoms with van der Waals surface area (Å²) in [5.41, 5.74) is 2.40. The minimum Gasteiger partial charge on any atom is -0.273 e. The maximum absolute atomic E-state index is 13.6. The Kier molecular flexibility index (Phi) is 4.71. The molecule has 5 rings (SSSR count). The van der Waals surface area contributed by atoms with Crippen molar-refractivity contribution >= 4 is 28.9 Å². The second kappa shape index (κ2) is 7.58. The molecule has 2 amide bonds. The minimum atomic E-state index is -1.02. The van der Waals surface area contributed by atoms with E-state index in [9.17, 15) is 19.7 Å². The predicted molar refractivity (Wildman–Crippen MR) is 117 cm³/mol. The fourth-order valence-electron chi connectivity index (χ4n) is 4.43. The first-order chi connectivity index (χ1) is 15.5. The van der Waals surface area contributed by atoms with Gasteiger partial charge in [0.15, 0.2) is 6.10 Å². The molecule has 0 aromatic heterocycles. The number of imide groups is 1. The van der Waals surface area contributed by atoms with Crippen LogP contribution in [0.1, 0.15) is 17.2 Å². The van der Waals surface area contributed by atoms with Gasteiger partial charge in [0, 0.05) is 12.1 Å². The van der Waals surface area contributed by atoms with Crippen LogP contribution >= 0.6 is 0 Å². The maximum Gasteiger partial charge on any atom is 0.269 e. The van der Waals surface area contributed by atoms with E-state index in [1.165, 1.54) is 22.1 Å². The highest BCUT2D eigenvalue weighted by Gasteiger charge is 2.60. The standard InChI is InChI=1S/C24H19N3O5/c1-15-8-5-6-13-19(15)25-23(28)20-21(16-9-7-12-18(14-16)27(30)31)26(32-22(20)24(25)29)17-10-3-2-4-11-17/h2-14,20-22H,1H3/t20-,21-,22+/m0/s1. The number of para-hydroxylation sites is 2. The van der Waals surface area contributed by atoms with Crippen molar-refractivity contribution in [3.63, 3.8) is 0 Å². The van der Waals surface area contributed by atoms with Gasteiger partial charge < -0.3 is 0 Å². The zero-order chi connectivity index (χ0) is 22.4. The van der Waals surface area contributed by atoms with E-state index in [4.69, 9.17) is 4.84 Å². The first-order valence-electron chi connectivity index (χ1n) is 10.2. The molecule has 3 aromatic carbocycles. The van der Waals surface area contributed by atoms with Gasteiger partial charge >= 0.3 is 0 Å². The summed E-state index contributed by atoms with van der Waals surface area (Å²) in [6.45, 7) is 1.83. The number of anilines is 2. The van der Waals surface area contributed by atoms with Gasteiger partial charge in [-0.2, -0.15) is 0 Å². The topological polar surface area (TPSA) is 93.0 Å². The number of non-ortho nitro benzene ring substituents is 1. The number of hydrogen-bond acceptors (Lipinski definition) is 6. The zero-order valence-corrected chi connectivity index (χ0v) is 17.1. The molecule has 0 radical (unpaired) electrons. The molecule has 2 aliphatic rings. The van der Waals surface area contributed by atoms with Gasteiger partial charge in [-0.15, -0.1) is 0 Å². The van der Waals surface area contributed by atoms with Crippen molar-refractivity contribution < 1.29 is 19.3 Å². The molecule has 160 valence electrons. The highest BCUT2D eigenvalue weighted by atomic mass is 16.7. The van der Waals surface area contributed by atoms with Gasteiger partial charge in [-0.25, -0.2) is 9.96 Å². The van der Waals surface area contributed by atoms with Crippen molar-refractivity contribution in [2.24, 2.45) is 5.92 Å². The molecule has 0 saturated carbocycles. The number of carbonyl (C=O) groups is 2. The highest BCUT2D eigenvalue weighted by Crippen LogP contribution is 2.48. The lowest BCUT2D eigenvalue weighted by molar-refractivity contribution is -0.384. The third-order valence-electron chi connectivity index (χ3n) is 5.91. The van der Waals surface area contributed by atoms with Crippen molar-refractivity contribution in [2.75, 3.05) is 9.96 Å². The second-order valence-electron chi connectivity index (χ2n) is 7.81. The highest BCUT2D eigenvalue weighted by molar-refractivity contribution is 6.24. The largest absolute Gasteiger partial charge is 0.273 e. The third-order valence-corrected chi connectivity index (χ3v) is 5.91. The van der Waals surface area contributed by atoms with Crippen molar-refractivity contribution in [1.82, 2.24) is 0 Å². The van der Waals surface area contributed by atoms with Crippen LogP contribution in [0.2, 0.25) is 0 Å². The van der Waals surface area contributed by atoms with Crippen LogP contribution in [0, 0.1) is 23.0 Å². The molecule has 2 saturated heterocycles. The van der Waals surface area contributed by atoms with E-state index in [0.717, 1.165) is 5.56 Å². The summed E-state index contributed by atoms with van der Waals surface area (Å²) in [5.74, 6) is -1.67. The number of aryl methyl sites for hydroxylation is 1. The Bertz CT molecular complexity index is 1230. The van der Waals surface area contributed by atoms with E-state index < -0.39 is 28.9 Å². The third kappa shape index (κ3) is 3.04. The number of benzene rings is 3. The minimum absolute atomic E-state index is 0.0912. The quantitative estimate of drug-likeness (QED) is 0.354. The fraction of sp³-hybridized carbons (Fsp3) is 0.167. The Labute approximate surface area is 183 Å². The van der Waals surface area contributed by atoms with E-state index in [2.05, 4.69) is 0 Å². The van der Waals surface area contributed by atoms with Crippen molar-refractivity contribution in [1.29, 1.82) is 0 Å². The first-order valence-corrected chi connectivity index (χ1v) is 10.2. The number of hydrogen-bond donors (Lipinski definition) is 0. The number of hydroxylamine groups is 1. The fourth-order valence-corrected chi connectivity index (χ4v) is 4.43. The first kappa shape index (κ1) is 19.9. The van der Waals surface area contributed by atoms with Crippen molar-refractivity contribution in [2.45, 2.75) is 19.1 Å². The Balaban J connectivity index is 1.62. The molecule has 8 heteroatoms. The summed E-state index contributed by atoms with van der Waals surface area (Å²) >= 11 is 0. The average molecular weight is 429 g/mol. The molecule has 8 nitrogen and oxygen atoms in total. The van der Waals surface area contributed by atoms with Gasteiger partial charge in [-0.1, -0.05) is 48.5 Å². The number of nitro groups is 1. The molecular formula is C24H19N3O5. The number of fused-ring (bicyclic) bond motifs is 1. The lowest BCUT2D eigenvalue weighted by atomic mass is 9.90. The van der Waals surface area contributed by atoms with E-state index in [-0.39, 0.29) is 11.6 Å². The number of nitro benzene ring substituents is 1. The molecule has 2 heterocycles. The van der Waals surface area contributed by atoms with Crippen LogP contribution in [0.5, 0.6) is 0 Å². The summed E-state index contributed by atoms with van der Waals surface area (Å²) in [4.78, 5) is 45.0. The molecule has 3 aromatic rings. The Hall–Kier alpha value is -4.04. The molecule has 0 unspecified atom stereocenters. The Morgan fingerprint density at radius 1 is 0.906 bits per heavy atom. The van der Waals surface area contributed by atoms with Gasteiger partial charge in [0.2, 0.25) is 5.91 Å². The lowest BCUT2D eigenvalue weighted by Crippen LogP contribution is -2.37. The predicted octanol–water partition coefficient (Wildman–Crippen LogP) is 3.95. The Morgan fingerprint density at radius 3 is 2.34 bits per heavy atom. The number of carbonyl (C=O) groups excluding carboxylic acids is 2. The lowest BCUT2D eigenvalue weighted by Gasteiger charge is -2.29. The molecule has 0 spiro atoms. The van der Waals surface area contributed by atoms with Crippen LogP contribution < -0.4 is 9.96 Å². The van der Waals surface area contributed by atoms with Crippen LogP contribution in [0.4, 0.5) is 17.1 Å². The summed E-state index contributed by atoms with van der Waals surface area (Å²) in [6, 6.07) is 21.7. The SMILES string of the molecule is Cc1ccccc1N1C(=O)[C@@H]2[C@@H](ON(c3ccccc3)[C@H]2c2cccc([N+](=O)[O-])c2)C1=O. The normalized spacial score (nSPS) is 22.3. The molecule has 2 fully saturated rings. The second-order valence-corrected chi connectivity index (χ2v) is 7.81. The van der Waals surface area contributed by atoms with Gasteiger partial charge in [-0.05, 0) is 36.2 Å².